The number of benzene rings is 1. The van der Waals surface area contributed by atoms with Crippen LogP contribution in [0, 0.1) is 17.0 Å². The fourth-order valence-corrected chi connectivity index (χ4v) is 1.79. The van der Waals surface area contributed by atoms with Crippen molar-refractivity contribution in [3.05, 3.63) is 34.4 Å². The number of hydrogen-bond donors (Lipinski definition) is 1. The van der Waals surface area contributed by atoms with Crippen molar-refractivity contribution in [2.75, 3.05) is 7.11 Å². The molecule has 0 amide bonds. The normalized spacial score (nSPS) is 12.6. The van der Waals surface area contributed by atoms with E-state index in [1.165, 1.54) is 21.0 Å². The molecule has 0 radical (unpaired) electrons. The van der Waals surface area contributed by atoms with Gasteiger partial charge in [-0.2, -0.15) is 0 Å². The molecule has 19 heavy (non-hydrogen) atoms. The SMILES string of the molecule is COC(=O)C(C)(C)[C@H](N)c1c(F)cc(Cl)cc1F.Cl. The van der Waals surface area contributed by atoms with Crippen molar-refractivity contribution in [1.82, 2.24) is 0 Å². The van der Waals surface area contributed by atoms with E-state index in [9.17, 15) is 13.6 Å². The summed E-state index contributed by atoms with van der Waals surface area (Å²) in [5.74, 6) is -2.42. The summed E-state index contributed by atoms with van der Waals surface area (Å²) in [7, 11) is 1.19. The molecule has 0 saturated heterocycles. The average Bonchev–Trinajstić information content (AvgIpc) is 2.26. The van der Waals surface area contributed by atoms with Gasteiger partial charge in [0, 0.05) is 10.6 Å². The predicted octanol–water partition coefficient (Wildman–Crippen LogP) is 3.24. The van der Waals surface area contributed by atoms with Gasteiger partial charge in [0.2, 0.25) is 0 Å². The summed E-state index contributed by atoms with van der Waals surface area (Å²) in [5.41, 5.74) is 4.14. The Bertz CT molecular complexity index is 458. The lowest BCUT2D eigenvalue weighted by Crippen LogP contribution is -2.38. The largest absolute Gasteiger partial charge is 0.469 e. The fourth-order valence-electron chi connectivity index (χ4n) is 1.60. The Morgan fingerprint density at radius 3 is 2.16 bits per heavy atom. The first-order chi connectivity index (χ1) is 8.21. The van der Waals surface area contributed by atoms with Crippen LogP contribution in [-0.4, -0.2) is 13.1 Å². The molecule has 0 saturated carbocycles. The third kappa shape index (κ3) is 3.55. The Hall–Kier alpha value is -0.910. The summed E-state index contributed by atoms with van der Waals surface area (Å²) in [5, 5.41) is -0.0724. The van der Waals surface area contributed by atoms with Gasteiger partial charge in [0.05, 0.1) is 18.6 Å². The minimum absolute atomic E-state index is 0. The summed E-state index contributed by atoms with van der Waals surface area (Å²) < 4.78 is 32.0. The molecule has 0 unspecified atom stereocenters. The number of ether oxygens (including phenoxy) is 1. The molecule has 0 aliphatic heterocycles. The molecular formula is C12H15Cl2F2NO2. The standard InChI is InChI=1S/C12H14ClF2NO2.ClH/c1-12(2,11(17)18-3)10(16)9-7(14)4-6(13)5-8(9)15;/h4-5,10H,16H2,1-3H3;1H/t10-;/m1./s1. The van der Waals surface area contributed by atoms with Crippen LogP contribution in [0.4, 0.5) is 8.78 Å². The average molecular weight is 314 g/mol. The molecule has 0 bridgehead atoms. The van der Waals surface area contributed by atoms with Gasteiger partial charge in [-0.15, -0.1) is 12.4 Å². The number of rotatable bonds is 3. The zero-order chi connectivity index (χ0) is 14.1. The van der Waals surface area contributed by atoms with Gasteiger partial charge in [-0.05, 0) is 26.0 Å². The van der Waals surface area contributed by atoms with Crippen LogP contribution in [0.5, 0.6) is 0 Å². The molecule has 0 aromatic heterocycles. The number of hydrogen-bond acceptors (Lipinski definition) is 3. The van der Waals surface area contributed by atoms with E-state index in [1.807, 2.05) is 0 Å². The molecule has 2 N–H and O–H groups in total. The number of methoxy groups -OCH3 is 1. The summed E-state index contributed by atoms with van der Waals surface area (Å²) in [6.45, 7) is 2.91. The fraction of sp³-hybridized carbons (Fsp3) is 0.417. The monoisotopic (exact) mass is 313 g/mol. The smallest absolute Gasteiger partial charge is 0.313 e. The van der Waals surface area contributed by atoms with E-state index in [4.69, 9.17) is 17.3 Å². The summed E-state index contributed by atoms with van der Waals surface area (Å²) in [4.78, 5) is 11.6. The van der Waals surface area contributed by atoms with Crippen molar-refractivity contribution in [1.29, 1.82) is 0 Å². The molecule has 0 fully saturated rings. The number of nitrogens with two attached hydrogens (primary N) is 1. The molecule has 0 heterocycles. The van der Waals surface area contributed by atoms with Crippen LogP contribution in [-0.2, 0) is 9.53 Å². The quantitative estimate of drug-likeness (QED) is 0.872. The van der Waals surface area contributed by atoms with Crippen molar-refractivity contribution in [2.24, 2.45) is 11.1 Å². The van der Waals surface area contributed by atoms with Gasteiger partial charge in [-0.1, -0.05) is 11.6 Å². The molecule has 108 valence electrons. The summed E-state index contributed by atoms with van der Waals surface area (Å²) in [6, 6.07) is 0.725. The van der Waals surface area contributed by atoms with Crippen LogP contribution in [0.15, 0.2) is 12.1 Å². The minimum Gasteiger partial charge on any atom is -0.469 e. The highest BCUT2D eigenvalue weighted by atomic mass is 35.5. The van der Waals surface area contributed by atoms with Gasteiger partial charge >= 0.3 is 5.97 Å². The van der Waals surface area contributed by atoms with E-state index >= 15 is 0 Å². The third-order valence-electron chi connectivity index (χ3n) is 2.84. The molecule has 1 aromatic rings. The van der Waals surface area contributed by atoms with Gasteiger partial charge in [-0.3, -0.25) is 4.79 Å². The van der Waals surface area contributed by atoms with Crippen LogP contribution in [0.3, 0.4) is 0 Å². The van der Waals surface area contributed by atoms with Crippen molar-refractivity contribution in [3.8, 4) is 0 Å². The highest BCUT2D eigenvalue weighted by Gasteiger charge is 2.39. The van der Waals surface area contributed by atoms with Crippen LogP contribution in [0.2, 0.25) is 5.02 Å². The van der Waals surface area contributed by atoms with Gasteiger partial charge in [0.1, 0.15) is 11.6 Å². The van der Waals surface area contributed by atoms with Crippen molar-refractivity contribution in [3.63, 3.8) is 0 Å². The zero-order valence-corrected chi connectivity index (χ0v) is 12.2. The van der Waals surface area contributed by atoms with E-state index in [0.29, 0.717) is 0 Å². The number of esters is 1. The molecule has 0 aliphatic carbocycles. The molecular weight excluding hydrogens is 299 g/mol. The third-order valence-corrected chi connectivity index (χ3v) is 3.06. The Kier molecular flexibility index (Phi) is 6.19. The van der Waals surface area contributed by atoms with Gasteiger partial charge in [0.15, 0.2) is 0 Å². The molecule has 0 aliphatic rings. The van der Waals surface area contributed by atoms with E-state index < -0.39 is 29.1 Å². The maximum atomic E-state index is 13.7. The number of carbonyl (C=O) groups is 1. The van der Waals surface area contributed by atoms with Crippen LogP contribution in [0.1, 0.15) is 25.5 Å². The van der Waals surface area contributed by atoms with Crippen molar-refractivity contribution in [2.45, 2.75) is 19.9 Å². The summed E-state index contributed by atoms with van der Waals surface area (Å²) >= 11 is 5.52. The molecule has 1 atom stereocenters. The van der Waals surface area contributed by atoms with Crippen molar-refractivity contribution >= 4 is 30.0 Å². The van der Waals surface area contributed by atoms with Gasteiger partial charge in [0.25, 0.3) is 0 Å². The first kappa shape index (κ1) is 18.1. The van der Waals surface area contributed by atoms with E-state index in [2.05, 4.69) is 4.74 Å². The Morgan fingerprint density at radius 1 is 1.37 bits per heavy atom. The van der Waals surface area contributed by atoms with Crippen molar-refractivity contribution < 1.29 is 18.3 Å². The Labute approximate surface area is 121 Å². The number of halogens is 4. The molecule has 3 nitrogen and oxygen atoms in total. The lowest BCUT2D eigenvalue weighted by molar-refractivity contribution is -0.152. The molecule has 1 aromatic carbocycles. The molecule has 1 rings (SSSR count). The molecule has 0 spiro atoms. The van der Waals surface area contributed by atoms with E-state index in [0.717, 1.165) is 12.1 Å². The second kappa shape index (κ2) is 6.50. The van der Waals surface area contributed by atoms with Crippen LogP contribution in [0.25, 0.3) is 0 Å². The first-order valence-corrected chi connectivity index (χ1v) is 5.58. The first-order valence-electron chi connectivity index (χ1n) is 5.20. The highest BCUT2D eigenvalue weighted by Crippen LogP contribution is 2.36. The molecule has 7 heteroatoms. The predicted molar refractivity (Wildman–Crippen MR) is 71.3 cm³/mol. The maximum Gasteiger partial charge on any atom is 0.313 e. The zero-order valence-electron chi connectivity index (χ0n) is 10.7. The minimum atomic E-state index is -1.26. The lowest BCUT2D eigenvalue weighted by atomic mass is 9.80. The Balaban J connectivity index is 0.00000324. The van der Waals surface area contributed by atoms with Crippen LogP contribution >= 0.6 is 24.0 Å². The van der Waals surface area contributed by atoms with Crippen LogP contribution < -0.4 is 5.73 Å². The number of carbonyl (C=O) groups excluding carboxylic acids is 1. The van der Waals surface area contributed by atoms with Gasteiger partial charge < -0.3 is 10.5 Å². The van der Waals surface area contributed by atoms with E-state index in [1.54, 1.807) is 0 Å². The lowest BCUT2D eigenvalue weighted by Gasteiger charge is -2.29. The highest BCUT2D eigenvalue weighted by molar-refractivity contribution is 6.30. The van der Waals surface area contributed by atoms with E-state index in [-0.39, 0.29) is 23.0 Å². The maximum absolute atomic E-state index is 13.7. The Morgan fingerprint density at radius 2 is 1.79 bits per heavy atom. The second-order valence-electron chi connectivity index (χ2n) is 4.47. The topological polar surface area (TPSA) is 52.3 Å². The van der Waals surface area contributed by atoms with Gasteiger partial charge in [-0.25, -0.2) is 8.78 Å². The summed E-state index contributed by atoms with van der Waals surface area (Å²) in [6.07, 6.45) is 0. The second-order valence-corrected chi connectivity index (χ2v) is 4.91.